The van der Waals surface area contributed by atoms with Crippen LogP contribution >= 0.6 is 0 Å². The van der Waals surface area contributed by atoms with Crippen molar-refractivity contribution in [2.45, 2.75) is 39.7 Å². The van der Waals surface area contributed by atoms with Gasteiger partial charge in [0, 0.05) is 11.8 Å². The summed E-state index contributed by atoms with van der Waals surface area (Å²) in [6, 6.07) is 15.4. The number of aromatic amines is 1. The van der Waals surface area contributed by atoms with E-state index >= 15 is 0 Å². The fraction of sp³-hybridized carbons (Fsp3) is 0.292. The zero-order valence-electron chi connectivity index (χ0n) is 18.5. The number of nitrogens with zero attached hydrogens (tertiary/aromatic N) is 2. The molecule has 2 aromatic carbocycles. The van der Waals surface area contributed by atoms with Crippen molar-refractivity contribution in [2.75, 3.05) is 12.5 Å². The maximum Gasteiger partial charge on any atom is 0.252 e. The second kappa shape index (κ2) is 9.47. The molecule has 0 saturated heterocycles. The first-order valence-electron chi connectivity index (χ1n) is 10.0. The molecule has 7 heteroatoms. The van der Waals surface area contributed by atoms with E-state index in [9.17, 15) is 4.79 Å². The average Bonchev–Trinajstić information content (AvgIpc) is 2.71. The number of ether oxygens (including phenoxy) is 2. The third kappa shape index (κ3) is 6.18. The molecule has 3 aromatic rings. The van der Waals surface area contributed by atoms with Crippen LogP contribution in [0, 0.1) is 6.92 Å². The Morgan fingerprint density at radius 3 is 2.48 bits per heavy atom. The molecule has 162 valence electrons. The number of H-pyrrole nitrogens is 1. The van der Waals surface area contributed by atoms with Crippen molar-refractivity contribution in [3.63, 3.8) is 0 Å². The summed E-state index contributed by atoms with van der Waals surface area (Å²) in [5, 5.41) is 4.12. The normalized spacial score (nSPS) is 11.5. The minimum atomic E-state index is -0.235. The third-order valence-corrected chi connectivity index (χ3v) is 4.66. The van der Waals surface area contributed by atoms with Gasteiger partial charge in [-0.2, -0.15) is 5.10 Å². The van der Waals surface area contributed by atoms with Gasteiger partial charge < -0.3 is 9.47 Å². The molecule has 0 atom stereocenters. The molecule has 0 radical (unpaired) electrons. The van der Waals surface area contributed by atoms with Crippen molar-refractivity contribution in [1.82, 2.24) is 9.97 Å². The van der Waals surface area contributed by atoms with Gasteiger partial charge in [0.1, 0.15) is 6.61 Å². The van der Waals surface area contributed by atoms with E-state index in [1.807, 2.05) is 18.2 Å². The topological polar surface area (TPSA) is 88.6 Å². The Kier molecular flexibility index (Phi) is 6.74. The number of rotatable bonds is 7. The number of aryl methyl sites for hydroxylation is 1. The zero-order chi connectivity index (χ0) is 22.4. The largest absolute Gasteiger partial charge is 0.493 e. The molecule has 0 amide bonds. The second-order valence-electron chi connectivity index (χ2n) is 8.25. The Balaban J connectivity index is 1.64. The first-order chi connectivity index (χ1) is 14.7. The minimum Gasteiger partial charge on any atom is -0.493 e. The number of anilines is 1. The maximum atomic E-state index is 11.5. The standard InChI is InChI=1S/C24H28N4O3/c1-16-12-22(29)27-23(26-16)28-25-14-18-8-11-20(21(13-18)30-5)31-15-17-6-9-19(10-7-17)24(2,3)4/h6-14H,15H2,1-5H3,(H2,26,27,28,29)/b25-14+. The van der Waals surface area contributed by atoms with Crippen molar-refractivity contribution in [3.05, 3.63) is 81.3 Å². The number of hydrogen-bond acceptors (Lipinski definition) is 6. The fourth-order valence-corrected chi connectivity index (χ4v) is 2.95. The van der Waals surface area contributed by atoms with Crippen LogP contribution in [0.2, 0.25) is 0 Å². The molecule has 31 heavy (non-hydrogen) atoms. The van der Waals surface area contributed by atoms with Gasteiger partial charge in [-0.1, -0.05) is 45.0 Å². The summed E-state index contributed by atoms with van der Waals surface area (Å²) in [6.45, 7) is 8.77. The van der Waals surface area contributed by atoms with Crippen molar-refractivity contribution in [2.24, 2.45) is 5.10 Å². The summed E-state index contributed by atoms with van der Waals surface area (Å²) in [5.41, 5.74) is 6.40. The van der Waals surface area contributed by atoms with E-state index in [0.717, 1.165) is 11.1 Å². The van der Waals surface area contributed by atoms with E-state index in [0.29, 0.717) is 23.8 Å². The molecular formula is C24H28N4O3. The lowest BCUT2D eigenvalue weighted by molar-refractivity contribution is 0.284. The highest BCUT2D eigenvalue weighted by Gasteiger charge is 2.13. The molecule has 0 aliphatic heterocycles. The molecule has 0 bridgehead atoms. The van der Waals surface area contributed by atoms with E-state index < -0.39 is 0 Å². The van der Waals surface area contributed by atoms with Gasteiger partial charge in [-0.15, -0.1) is 0 Å². The fourth-order valence-electron chi connectivity index (χ4n) is 2.95. The summed E-state index contributed by atoms with van der Waals surface area (Å²) in [7, 11) is 1.60. The van der Waals surface area contributed by atoms with E-state index in [-0.39, 0.29) is 16.9 Å². The van der Waals surface area contributed by atoms with E-state index in [1.165, 1.54) is 11.6 Å². The summed E-state index contributed by atoms with van der Waals surface area (Å²) < 4.78 is 11.4. The summed E-state index contributed by atoms with van der Waals surface area (Å²) in [6.07, 6.45) is 1.61. The molecule has 0 aliphatic rings. The first-order valence-corrected chi connectivity index (χ1v) is 10.0. The van der Waals surface area contributed by atoms with Gasteiger partial charge in [0.25, 0.3) is 5.56 Å². The van der Waals surface area contributed by atoms with Gasteiger partial charge in [-0.05, 0) is 47.2 Å². The Labute approximate surface area is 182 Å². The highest BCUT2D eigenvalue weighted by atomic mass is 16.5. The Hall–Kier alpha value is -3.61. The Morgan fingerprint density at radius 2 is 1.84 bits per heavy atom. The molecule has 0 fully saturated rings. The quantitative estimate of drug-likeness (QED) is 0.437. The molecule has 0 unspecified atom stereocenters. The highest BCUT2D eigenvalue weighted by Crippen LogP contribution is 2.29. The Morgan fingerprint density at radius 1 is 1.10 bits per heavy atom. The Bertz CT molecular complexity index is 1110. The lowest BCUT2D eigenvalue weighted by Gasteiger charge is -2.19. The van der Waals surface area contributed by atoms with Crippen LogP contribution in [0.5, 0.6) is 11.5 Å². The van der Waals surface area contributed by atoms with Gasteiger partial charge in [-0.25, -0.2) is 10.4 Å². The van der Waals surface area contributed by atoms with Gasteiger partial charge >= 0.3 is 0 Å². The SMILES string of the molecule is COc1cc(/C=N/Nc2nc(C)cc(=O)[nH]2)ccc1OCc1ccc(C(C)(C)C)cc1. The molecule has 1 aromatic heterocycles. The number of aromatic nitrogens is 2. The molecule has 2 N–H and O–H groups in total. The van der Waals surface area contributed by atoms with Crippen LogP contribution < -0.4 is 20.5 Å². The van der Waals surface area contributed by atoms with Crippen LogP contribution in [-0.2, 0) is 12.0 Å². The highest BCUT2D eigenvalue weighted by molar-refractivity contribution is 5.81. The molecule has 0 spiro atoms. The van der Waals surface area contributed by atoms with Crippen LogP contribution in [-0.4, -0.2) is 23.3 Å². The second-order valence-corrected chi connectivity index (χ2v) is 8.25. The van der Waals surface area contributed by atoms with Crippen LogP contribution in [0.15, 0.2) is 58.4 Å². The lowest BCUT2D eigenvalue weighted by atomic mass is 9.87. The molecule has 0 aliphatic carbocycles. The predicted octanol–water partition coefficient (Wildman–Crippen LogP) is 4.41. The van der Waals surface area contributed by atoms with Crippen molar-refractivity contribution in [1.29, 1.82) is 0 Å². The first kappa shape index (κ1) is 22.1. The van der Waals surface area contributed by atoms with Crippen molar-refractivity contribution < 1.29 is 9.47 Å². The molecule has 7 nitrogen and oxygen atoms in total. The van der Waals surface area contributed by atoms with Gasteiger partial charge in [0.2, 0.25) is 5.95 Å². The average molecular weight is 421 g/mol. The summed E-state index contributed by atoms with van der Waals surface area (Å²) in [4.78, 5) is 18.2. The van der Waals surface area contributed by atoms with Crippen molar-refractivity contribution >= 4 is 12.2 Å². The monoisotopic (exact) mass is 420 g/mol. The molecule has 3 rings (SSSR count). The lowest BCUT2D eigenvalue weighted by Crippen LogP contribution is -2.10. The number of hydrazone groups is 1. The zero-order valence-corrected chi connectivity index (χ0v) is 18.5. The van der Waals surface area contributed by atoms with Crippen molar-refractivity contribution in [3.8, 4) is 11.5 Å². The number of methoxy groups -OCH3 is 1. The van der Waals surface area contributed by atoms with E-state index in [1.54, 1.807) is 20.2 Å². The summed E-state index contributed by atoms with van der Waals surface area (Å²) >= 11 is 0. The van der Waals surface area contributed by atoms with E-state index in [2.05, 4.69) is 65.5 Å². The smallest absolute Gasteiger partial charge is 0.252 e. The van der Waals surface area contributed by atoms with Crippen LogP contribution in [0.4, 0.5) is 5.95 Å². The third-order valence-electron chi connectivity index (χ3n) is 4.66. The number of nitrogens with one attached hydrogen (secondary N) is 2. The van der Waals surface area contributed by atoms with Gasteiger partial charge in [0.05, 0.1) is 13.3 Å². The number of hydrogen-bond donors (Lipinski definition) is 2. The molecule has 0 saturated carbocycles. The van der Waals surface area contributed by atoms with Crippen LogP contribution in [0.3, 0.4) is 0 Å². The number of benzene rings is 2. The molecular weight excluding hydrogens is 392 g/mol. The summed E-state index contributed by atoms with van der Waals surface area (Å²) in [5.74, 6) is 1.54. The maximum absolute atomic E-state index is 11.5. The van der Waals surface area contributed by atoms with E-state index in [4.69, 9.17) is 9.47 Å². The minimum absolute atomic E-state index is 0.125. The van der Waals surface area contributed by atoms with Crippen LogP contribution in [0.25, 0.3) is 0 Å². The van der Waals surface area contributed by atoms with Gasteiger partial charge in [-0.3, -0.25) is 9.78 Å². The van der Waals surface area contributed by atoms with Gasteiger partial charge in [0.15, 0.2) is 11.5 Å². The van der Waals surface area contributed by atoms with Crippen LogP contribution in [0.1, 0.15) is 43.2 Å². The predicted molar refractivity (Wildman–Crippen MR) is 123 cm³/mol. The molecule has 1 heterocycles.